The lowest BCUT2D eigenvalue weighted by Gasteiger charge is -2.35. The Morgan fingerprint density at radius 1 is 1.39 bits per heavy atom. The van der Waals surface area contributed by atoms with Gasteiger partial charge in [-0.1, -0.05) is 19.8 Å². The predicted octanol–water partition coefficient (Wildman–Crippen LogP) is 1.95. The van der Waals surface area contributed by atoms with E-state index < -0.39 is 0 Å². The second kappa shape index (κ2) is 6.19. The lowest BCUT2D eigenvalue weighted by atomic mass is 9.88. The van der Waals surface area contributed by atoms with Gasteiger partial charge in [-0.05, 0) is 25.2 Å². The lowest BCUT2D eigenvalue weighted by Crippen LogP contribution is -2.46. The molecular weight excluding hydrogens is 228 g/mol. The summed E-state index contributed by atoms with van der Waals surface area (Å²) >= 11 is 0. The molecular formula is C14H22N2O2. The molecule has 1 heterocycles. The fourth-order valence-electron chi connectivity index (χ4n) is 3.14. The summed E-state index contributed by atoms with van der Waals surface area (Å²) in [5, 5.41) is 8.94. The molecule has 0 aromatic heterocycles. The van der Waals surface area contributed by atoms with Gasteiger partial charge in [-0.3, -0.25) is 4.79 Å². The van der Waals surface area contributed by atoms with E-state index in [-0.39, 0.29) is 24.3 Å². The van der Waals surface area contributed by atoms with Crippen LogP contribution in [0, 0.1) is 23.2 Å². The third-order valence-electron chi connectivity index (χ3n) is 4.25. The van der Waals surface area contributed by atoms with Crippen molar-refractivity contribution in [1.82, 2.24) is 4.90 Å². The second-order valence-corrected chi connectivity index (χ2v) is 5.51. The maximum Gasteiger partial charge on any atom is 0.227 e. The Balaban J connectivity index is 2.04. The first-order valence-electron chi connectivity index (χ1n) is 6.99. The lowest BCUT2D eigenvalue weighted by molar-refractivity contribution is -0.143. The molecule has 2 aliphatic rings. The van der Waals surface area contributed by atoms with Crippen LogP contribution in [0.4, 0.5) is 0 Å². The summed E-state index contributed by atoms with van der Waals surface area (Å²) in [6.45, 7) is 3.65. The van der Waals surface area contributed by atoms with Crippen molar-refractivity contribution in [2.75, 3.05) is 19.8 Å². The first-order chi connectivity index (χ1) is 8.74. The van der Waals surface area contributed by atoms with E-state index in [4.69, 9.17) is 10.00 Å². The number of nitriles is 1. The molecule has 4 heteroatoms. The second-order valence-electron chi connectivity index (χ2n) is 5.51. The molecule has 100 valence electrons. The molecule has 0 N–H and O–H groups in total. The highest BCUT2D eigenvalue weighted by molar-refractivity contribution is 5.79. The van der Waals surface area contributed by atoms with Crippen LogP contribution in [0.1, 0.15) is 39.0 Å². The van der Waals surface area contributed by atoms with E-state index in [1.54, 1.807) is 0 Å². The van der Waals surface area contributed by atoms with Crippen LogP contribution in [-0.2, 0) is 9.53 Å². The van der Waals surface area contributed by atoms with Gasteiger partial charge in [0.05, 0.1) is 6.07 Å². The summed E-state index contributed by atoms with van der Waals surface area (Å²) in [6, 6.07) is 2.45. The summed E-state index contributed by atoms with van der Waals surface area (Å²) < 4.78 is 5.39. The minimum absolute atomic E-state index is 0.0488. The number of hydrogen-bond donors (Lipinski definition) is 0. The molecule has 2 unspecified atom stereocenters. The van der Waals surface area contributed by atoms with E-state index >= 15 is 0 Å². The van der Waals surface area contributed by atoms with Gasteiger partial charge in [-0.15, -0.1) is 0 Å². The zero-order valence-corrected chi connectivity index (χ0v) is 11.1. The van der Waals surface area contributed by atoms with Crippen LogP contribution in [0.3, 0.4) is 0 Å². The molecule has 18 heavy (non-hydrogen) atoms. The number of carbonyl (C=O) groups is 1. The van der Waals surface area contributed by atoms with Gasteiger partial charge in [0.25, 0.3) is 0 Å². The number of nitrogens with zero attached hydrogens (tertiary/aromatic N) is 2. The number of hydrogen-bond acceptors (Lipinski definition) is 3. The van der Waals surface area contributed by atoms with Gasteiger partial charge in [0.15, 0.2) is 0 Å². The van der Waals surface area contributed by atoms with Gasteiger partial charge >= 0.3 is 0 Å². The Bertz CT molecular complexity index is 331. The van der Waals surface area contributed by atoms with E-state index in [1.807, 2.05) is 4.90 Å². The summed E-state index contributed by atoms with van der Waals surface area (Å²) in [5.74, 6) is 0.501. The van der Waals surface area contributed by atoms with Gasteiger partial charge in [-0.2, -0.15) is 5.26 Å². The summed E-state index contributed by atoms with van der Waals surface area (Å²) in [4.78, 5) is 14.4. The molecule has 0 spiro atoms. The van der Waals surface area contributed by atoms with E-state index in [1.165, 1.54) is 12.8 Å². The van der Waals surface area contributed by atoms with Crippen LogP contribution < -0.4 is 0 Å². The van der Waals surface area contributed by atoms with Gasteiger partial charge in [0.2, 0.25) is 5.91 Å². The normalized spacial score (nSPS) is 28.9. The molecule has 2 rings (SSSR count). The number of amides is 1. The van der Waals surface area contributed by atoms with Crippen LogP contribution in [0.15, 0.2) is 0 Å². The van der Waals surface area contributed by atoms with Crippen LogP contribution in [0.2, 0.25) is 0 Å². The van der Waals surface area contributed by atoms with Crippen molar-refractivity contribution in [1.29, 1.82) is 5.26 Å². The molecule has 0 aromatic carbocycles. The van der Waals surface area contributed by atoms with Crippen molar-refractivity contribution in [2.45, 2.75) is 45.1 Å². The molecule has 1 saturated heterocycles. The van der Waals surface area contributed by atoms with Crippen LogP contribution in [-0.4, -0.2) is 36.6 Å². The third kappa shape index (κ3) is 2.84. The quantitative estimate of drug-likeness (QED) is 0.719. The first kappa shape index (κ1) is 13.4. The highest BCUT2D eigenvalue weighted by atomic mass is 16.5. The molecule has 1 saturated carbocycles. The molecule has 0 bridgehead atoms. The Morgan fingerprint density at radius 3 is 2.72 bits per heavy atom. The molecule has 1 aliphatic heterocycles. The molecule has 1 amide bonds. The standard InChI is InChI=1S/C14H22N2O2/c1-11-10-18-9-6-13(11)14(17)16(8-7-15)12-4-2-3-5-12/h11-13H,2-6,8-10H2,1H3. The molecule has 2 fully saturated rings. The number of ether oxygens (including phenoxy) is 1. The van der Waals surface area contributed by atoms with Crippen molar-refractivity contribution < 1.29 is 9.53 Å². The van der Waals surface area contributed by atoms with E-state index in [2.05, 4.69) is 13.0 Å². The van der Waals surface area contributed by atoms with Crippen molar-refractivity contribution in [2.24, 2.45) is 11.8 Å². The zero-order valence-electron chi connectivity index (χ0n) is 11.1. The Kier molecular flexibility index (Phi) is 4.60. The van der Waals surface area contributed by atoms with Crippen molar-refractivity contribution in [3.8, 4) is 6.07 Å². The van der Waals surface area contributed by atoms with Crippen LogP contribution in [0.25, 0.3) is 0 Å². The van der Waals surface area contributed by atoms with Crippen LogP contribution >= 0.6 is 0 Å². The average molecular weight is 250 g/mol. The zero-order chi connectivity index (χ0) is 13.0. The highest BCUT2D eigenvalue weighted by Crippen LogP contribution is 2.29. The van der Waals surface area contributed by atoms with Gasteiger partial charge in [0, 0.05) is 25.2 Å². The fourth-order valence-corrected chi connectivity index (χ4v) is 3.14. The monoisotopic (exact) mass is 250 g/mol. The van der Waals surface area contributed by atoms with Crippen molar-refractivity contribution in [3.63, 3.8) is 0 Å². The molecule has 2 atom stereocenters. The Labute approximate surface area is 109 Å². The van der Waals surface area contributed by atoms with Crippen molar-refractivity contribution in [3.05, 3.63) is 0 Å². The summed E-state index contributed by atoms with van der Waals surface area (Å²) in [6.07, 6.45) is 5.29. The highest BCUT2D eigenvalue weighted by Gasteiger charge is 2.35. The molecule has 0 aromatic rings. The van der Waals surface area contributed by atoms with Gasteiger partial charge in [-0.25, -0.2) is 0 Å². The SMILES string of the molecule is CC1COCCC1C(=O)N(CC#N)C1CCCC1. The molecule has 4 nitrogen and oxygen atoms in total. The predicted molar refractivity (Wildman–Crippen MR) is 67.7 cm³/mol. The summed E-state index contributed by atoms with van der Waals surface area (Å²) in [7, 11) is 0. The van der Waals surface area contributed by atoms with E-state index in [9.17, 15) is 4.79 Å². The van der Waals surface area contributed by atoms with Gasteiger partial charge in [0.1, 0.15) is 6.54 Å². The van der Waals surface area contributed by atoms with E-state index in [0.717, 1.165) is 19.3 Å². The smallest absolute Gasteiger partial charge is 0.227 e. The molecule has 0 radical (unpaired) electrons. The van der Waals surface area contributed by atoms with Gasteiger partial charge < -0.3 is 9.64 Å². The molecule has 1 aliphatic carbocycles. The maximum absolute atomic E-state index is 12.6. The Hall–Kier alpha value is -1.08. The van der Waals surface area contributed by atoms with Crippen LogP contribution in [0.5, 0.6) is 0 Å². The summed E-state index contributed by atoms with van der Waals surface area (Å²) in [5.41, 5.74) is 0. The maximum atomic E-state index is 12.6. The number of carbonyl (C=O) groups excluding carboxylic acids is 1. The minimum atomic E-state index is 0.0488. The first-order valence-corrected chi connectivity index (χ1v) is 6.99. The topological polar surface area (TPSA) is 53.3 Å². The fraction of sp³-hybridized carbons (Fsp3) is 0.857. The largest absolute Gasteiger partial charge is 0.381 e. The average Bonchev–Trinajstić information content (AvgIpc) is 2.89. The van der Waals surface area contributed by atoms with Crippen molar-refractivity contribution >= 4 is 5.91 Å². The number of rotatable bonds is 3. The minimum Gasteiger partial charge on any atom is -0.381 e. The Morgan fingerprint density at radius 2 is 2.11 bits per heavy atom. The van der Waals surface area contributed by atoms with E-state index in [0.29, 0.717) is 19.3 Å². The third-order valence-corrected chi connectivity index (χ3v) is 4.25.